The number of ether oxygens (including phenoxy) is 1. The number of aromatic nitrogens is 2. The molecule has 0 saturated carbocycles. The van der Waals surface area contributed by atoms with Crippen LogP contribution in [0.2, 0.25) is 5.02 Å². The third-order valence-electron chi connectivity index (χ3n) is 7.25. The zero-order chi connectivity index (χ0) is 25.4. The van der Waals surface area contributed by atoms with E-state index >= 15 is 0 Å². The Hall–Kier alpha value is -2.72. The molecule has 2 aliphatic rings. The number of carbonyl (C=O) groups is 2. The number of piperidine rings is 1. The first-order valence-corrected chi connectivity index (χ1v) is 12.7. The summed E-state index contributed by atoms with van der Waals surface area (Å²) in [6.45, 7) is 6.11. The van der Waals surface area contributed by atoms with Crippen LogP contribution in [0.4, 0.5) is 5.69 Å². The van der Waals surface area contributed by atoms with E-state index in [4.69, 9.17) is 16.3 Å². The van der Waals surface area contributed by atoms with Gasteiger partial charge in [-0.25, -0.2) is 0 Å². The molecule has 4 heterocycles. The first kappa shape index (κ1) is 25.0. The highest BCUT2D eigenvalue weighted by atomic mass is 35.5. The summed E-state index contributed by atoms with van der Waals surface area (Å²) in [6.07, 6.45) is 5.05. The molecule has 3 N–H and O–H groups in total. The minimum atomic E-state index is -0.628. The fraction of sp³-hybridized carbons (Fsp3) is 0.500. The normalized spacial score (nSPS) is 21.2. The van der Waals surface area contributed by atoms with Crippen molar-refractivity contribution in [2.24, 2.45) is 5.92 Å². The van der Waals surface area contributed by atoms with Crippen molar-refractivity contribution in [2.45, 2.75) is 38.3 Å². The van der Waals surface area contributed by atoms with E-state index in [1.54, 1.807) is 18.5 Å². The Bertz CT molecular complexity index is 1280. The summed E-state index contributed by atoms with van der Waals surface area (Å²) in [5.41, 5.74) is 1.71. The molecular weight excluding hydrogens is 482 g/mol. The number of carbonyl (C=O) groups excluding carboxylic acids is 2. The molecule has 0 aliphatic carbocycles. The van der Waals surface area contributed by atoms with Crippen LogP contribution in [-0.2, 0) is 14.3 Å². The number of nitrogens with one attached hydrogen (secondary N) is 2. The van der Waals surface area contributed by atoms with Crippen LogP contribution >= 0.6 is 11.6 Å². The Kier molecular flexibility index (Phi) is 6.91. The molecule has 2 saturated heterocycles. The van der Waals surface area contributed by atoms with Crippen LogP contribution < -0.4 is 5.32 Å². The minimum absolute atomic E-state index is 0.00449. The van der Waals surface area contributed by atoms with E-state index in [0.29, 0.717) is 30.3 Å². The molecule has 1 aromatic carbocycles. The van der Waals surface area contributed by atoms with Gasteiger partial charge in [-0.1, -0.05) is 11.6 Å². The third-order valence-corrected chi connectivity index (χ3v) is 7.47. The lowest BCUT2D eigenvalue weighted by atomic mass is 9.97. The summed E-state index contributed by atoms with van der Waals surface area (Å²) in [4.78, 5) is 37.9. The van der Waals surface area contributed by atoms with Crippen molar-refractivity contribution in [1.29, 1.82) is 0 Å². The maximum absolute atomic E-state index is 13.5. The summed E-state index contributed by atoms with van der Waals surface area (Å²) in [5.74, 6) is -0.00219. The number of morpholine rings is 1. The van der Waals surface area contributed by atoms with E-state index in [0.717, 1.165) is 34.6 Å². The second-order valence-corrected chi connectivity index (χ2v) is 10.8. The molecule has 2 amide bonds. The predicted octanol–water partition coefficient (Wildman–Crippen LogP) is 3.02. The van der Waals surface area contributed by atoms with Gasteiger partial charge < -0.3 is 25.0 Å². The van der Waals surface area contributed by atoms with Gasteiger partial charge in [-0.3, -0.25) is 19.5 Å². The Balaban J connectivity index is 1.36. The Labute approximate surface area is 214 Å². The number of amides is 2. The van der Waals surface area contributed by atoms with Gasteiger partial charge >= 0.3 is 0 Å². The van der Waals surface area contributed by atoms with E-state index in [-0.39, 0.29) is 37.5 Å². The standard InChI is InChI=1S/C26H32ClN5O4/c1-26(2)15-32(12-23(34)31-7-4-16(13-33)5-8-31)22(14-36-26)25(35)30-20-10-17(27)9-19-18-3-6-28-11-21(18)29-24(19)20/h3,6,9-11,16,22,29,33H,4-5,7-8,12-15H2,1-2H3,(H,30,35)/t22-/m0/s1. The molecule has 0 bridgehead atoms. The number of H-pyrrole nitrogens is 1. The number of nitrogens with zero attached hydrogens (tertiary/aromatic N) is 3. The van der Waals surface area contributed by atoms with Crippen molar-refractivity contribution >= 4 is 50.9 Å². The Morgan fingerprint density at radius 1 is 1.28 bits per heavy atom. The molecule has 192 valence electrons. The predicted molar refractivity (Wildman–Crippen MR) is 139 cm³/mol. The van der Waals surface area contributed by atoms with E-state index in [9.17, 15) is 14.7 Å². The van der Waals surface area contributed by atoms with Gasteiger partial charge in [-0.15, -0.1) is 0 Å². The highest BCUT2D eigenvalue weighted by molar-refractivity contribution is 6.33. The first-order chi connectivity index (χ1) is 17.2. The highest BCUT2D eigenvalue weighted by Crippen LogP contribution is 2.33. The van der Waals surface area contributed by atoms with Gasteiger partial charge in [0.25, 0.3) is 0 Å². The lowest BCUT2D eigenvalue weighted by Crippen LogP contribution is -2.60. The molecule has 9 nitrogen and oxygen atoms in total. The van der Waals surface area contributed by atoms with Crippen molar-refractivity contribution in [2.75, 3.05) is 44.7 Å². The van der Waals surface area contributed by atoms with Crippen LogP contribution in [0.15, 0.2) is 30.6 Å². The summed E-state index contributed by atoms with van der Waals surface area (Å²) < 4.78 is 5.98. The van der Waals surface area contributed by atoms with Gasteiger partial charge in [0.2, 0.25) is 11.8 Å². The molecule has 2 aliphatic heterocycles. The van der Waals surface area contributed by atoms with Crippen LogP contribution in [0.25, 0.3) is 21.8 Å². The quantitative estimate of drug-likeness (QED) is 0.483. The third kappa shape index (κ3) is 5.06. The molecule has 0 unspecified atom stereocenters. The number of hydrogen-bond donors (Lipinski definition) is 3. The number of rotatable bonds is 5. The number of pyridine rings is 1. The van der Waals surface area contributed by atoms with E-state index in [1.807, 2.05) is 35.8 Å². The summed E-state index contributed by atoms with van der Waals surface area (Å²) in [6, 6.07) is 4.86. The van der Waals surface area contributed by atoms with Crippen molar-refractivity contribution in [3.63, 3.8) is 0 Å². The van der Waals surface area contributed by atoms with Gasteiger partial charge in [0, 0.05) is 48.2 Å². The second kappa shape index (κ2) is 9.97. The summed E-state index contributed by atoms with van der Waals surface area (Å²) in [5, 5.41) is 14.8. The van der Waals surface area contributed by atoms with Gasteiger partial charge in [-0.2, -0.15) is 0 Å². The molecule has 2 fully saturated rings. The number of aromatic amines is 1. The van der Waals surface area contributed by atoms with Crippen LogP contribution in [0.1, 0.15) is 26.7 Å². The average molecular weight is 514 g/mol. The number of fused-ring (bicyclic) bond motifs is 3. The molecule has 2 aromatic heterocycles. The number of likely N-dealkylation sites (tertiary alicyclic amines) is 1. The molecule has 0 spiro atoms. The topological polar surface area (TPSA) is 111 Å². The van der Waals surface area contributed by atoms with Gasteiger partial charge in [0.1, 0.15) is 6.04 Å². The van der Waals surface area contributed by atoms with Crippen LogP contribution in [0, 0.1) is 5.92 Å². The lowest BCUT2D eigenvalue weighted by Gasteiger charge is -2.43. The van der Waals surface area contributed by atoms with Crippen molar-refractivity contribution in [3.05, 3.63) is 35.6 Å². The van der Waals surface area contributed by atoms with E-state index in [1.165, 1.54) is 0 Å². The number of benzene rings is 1. The smallest absolute Gasteiger partial charge is 0.244 e. The highest BCUT2D eigenvalue weighted by Gasteiger charge is 2.39. The summed E-state index contributed by atoms with van der Waals surface area (Å²) in [7, 11) is 0. The number of aliphatic hydroxyl groups excluding tert-OH is 1. The SMILES string of the molecule is CC1(C)CN(CC(=O)N2CCC(CO)CC2)[C@H](C(=O)Nc2cc(Cl)cc3c2[nH]c2cnccc23)CO1. The van der Waals surface area contributed by atoms with Crippen LogP contribution in [-0.4, -0.2) is 87.7 Å². The molecule has 0 radical (unpaired) electrons. The number of aliphatic hydroxyl groups is 1. The maximum atomic E-state index is 13.5. The first-order valence-electron chi connectivity index (χ1n) is 12.4. The molecule has 5 rings (SSSR count). The molecule has 1 atom stereocenters. The van der Waals surface area contributed by atoms with E-state index in [2.05, 4.69) is 15.3 Å². The fourth-order valence-electron chi connectivity index (χ4n) is 5.23. The number of hydrogen-bond acceptors (Lipinski definition) is 6. The van der Waals surface area contributed by atoms with Gasteiger partial charge in [-0.05, 0) is 50.8 Å². The summed E-state index contributed by atoms with van der Waals surface area (Å²) >= 11 is 6.41. The minimum Gasteiger partial charge on any atom is -0.396 e. The van der Waals surface area contributed by atoms with E-state index < -0.39 is 11.6 Å². The average Bonchev–Trinajstić information content (AvgIpc) is 3.22. The second-order valence-electron chi connectivity index (χ2n) is 10.4. The van der Waals surface area contributed by atoms with Crippen LogP contribution in [0.3, 0.4) is 0 Å². The molecule has 3 aromatic rings. The zero-order valence-electron chi connectivity index (χ0n) is 20.6. The zero-order valence-corrected chi connectivity index (χ0v) is 21.3. The van der Waals surface area contributed by atoms with Crippen molar-refractivity contribution in [3.8, 4) is 0 Å². The molecule has 10 heteroatoms. The Morgan fingerprint density at radius 2 is 2.06 bits per heavy atom. The number of anilines is 1. The van der Waals surface area contributed by atoms with Crippen LogP contribution in [0.5, 0.6) is 0 Å². The Morgan fingerprint density at radius 3 is 2.81 bits per heavy atom. The lowest BCUT2D eigenvalue weighted by molar-refractivity contribution is -0.151. The fourth-order valence-corrected chi connectivity index (χ4v) is 5.45. The van der Waals surface area contributed by atoms with Crippen molar-refractivity contribution < 1.29 is 19.4 Å². The van der Waals surface area contributed by atoms with Gasteiger partial charge in [0.05, 0.1) is 41.7 Å². The largest absolute Gasteiger partial charge is 0.396 e. The molecular formula is C26H32ClN5O4. The monoisotopic (exact) mass is 513 g/mol. The number of halogens is 1. The molecule has 36 heavy (non-hydrogen) atoms. The maximum Gasteiger partial charge on any atom is 0.244 e. The van der Waals surface area contributed by atoms with Gasteiger partial charge in [0.15, 0.2) is 0 Å². The van der Waals surface area contributed by atoms with Crippen molar-refractivity contribution in [1.82, 2.24) is 19.8 Å².